The number of hydrogen-bond donors (Lipinski definition) is 0. The smallest absolute Gasteiger partial charge is 0.0146 e. The summed E-state index contributed by atoms with van der Waals surface area (Å²) in [7, 11) is 0. The highest BCUT2D eigenvalue weighted by atomic mass is 15.2. The SMILES string of the molecule is CCN(CC)C1CCCCC1(C)C. The Morgan fingerprint density at radius 1 is 1.15 bits per heavy atom. The molecule has 1 nitrogen and oxygen atoms in total. The van der Waals surface area contributed by atoms with Crippen LogP contribution in [-0.2, 0) is 0 Å². The van der Waals surface area contributed by atoms with Crippen LogP contribution in [0.2, 0.25) is 0 Å². The molecular formula is C12H25N. The number of hydrogen-bond acceptors (Lipinski definition) is 1. The average molecular weight is 183 g/mol. The molecule has 78 valence electrons. The van der Waals surface area contributed by atoms with Crippen LogP contribution in [0.4, 0.5) is 0 Å². The molecule has 1 saturated carbocycles. The number of nitrogens with zero attached hydrogens (tertiary/aromatic N) is 1. The minimum Gasteiger partial charge on any atom is -0.300 e. The van der Waals surface area contributed by atoms with Gasteiger partial charge in [-0.25, -0.2) is 0 Å². The summed E-state index contributed by atoms with van der Waals surface area (Å²) in [5, 5.41) is 0. The first-order valence-corrected chi connectivity index (χ1v) is 5.86. The van der Waals surface area contributed by atoms with Crippen molar-refractivity contribution in [2.45, 2.75) is 59.4 Å². The van der Waals surface area contributed by atoms with E-state index in [1.54, 1.807) is 0 Å². The van der Waals surface area contributed by atoms with Crippen molar-refractivity contribution in [3.8, 4) is 0 Å². The van der Waals surface area contributed by atoms with Gasteiger partial charge in [0, 0.05) is 6.04 Å². The van der Waals surface area contributed by atoms with Gasteiger partial charge in [-0.2, -0.15) is 0 Å². The Bertz CT molecular complexity index is 147. The maximum atomic E-state index is 2.64. The molecule has 1 heteroatoms. The Morgan fingerprint density at radius 2 is 1.77 bits per heavy atom. The Hall–Kier alpha value is -0.0400. The van der Waals surface area contributed by atoms with Gasteiger partial charge in [-0.15, -0.1) is 0 Å². The van der Waals surface area contributed by atoms with Gasteiger partial charge in [-0.3, -0.25) is 0 Å². The second kappa shape index (κ2) is 4.45. The third kappa shape index (κ3) is 2.46. The highest BCUT2D eigenvalue weighted by Gasteiger charge is 2.34. The van der Waals surface area contributed by atoms with Gasteiger partial charge in [0.1, 0.15) is 0 Å². The first-order valence-electron chi connectivity index (χ1n) is 5.86. The number of rotatable bonds is 3. The van der Waals surface area contributed by atoms with E-state index in [1.165, 1.54) is 38.8 Å². The van der Waals surface area contributed by atoms with E-state index in [4.69, 9.17) is 0 Å². The fourth-order valence-corrected chi connectivity index (χ4v) is 2.82. The maximum absolute atomic E-state index is 2.64. The Labute approximate surface area is 83.5 Å². The molecule has 0 N–H and O–H groups in total. The normalized spacial score (nSPS) is 27.9. The van der Waals surface area contributed by atoms with Gasteiger partial charge in [0.2, 0.25) is 0 Å². The fraction of sp³-hybridized carbons (Fsp3) is 1.00. The molecule has 1 aliphatic carbocycles. The van der Waals surface area contributed by atoms with Crippen LogP contribution in [0.1, 0.15) is 53.4 Å². The molecule has 0 saturated heterocycles. The van der Waals surface area contributed by atoms with E-state index in [-0.39, 0.29) is 0 Å². The standard InChI is InChI=1S/C12H25N/c1-5-13(6-2)11-9-7-8-10-12(11,3)4/h11H,5-10H2,1-4H3. The van der Waals surface area contributed by atoms with Crippen LogP contribution in [-0.4, -0.2) is 24.0 Å². The van der Waals surface area contributed by atoms with Gasteiger partial charge < -0.3 is 4.90 Å². The van der Waals surface area contributed by atoms with Crippen molar-refractivity contribution < 1.29 is 0 Å². The zero-order chi connectivity index (χ0) is 9.90. The van der Waals surface area contributed by atoms with Gasteiger partial charge in [0.05, 0.1) is 0 Å². The quantitative estimate of drug-likeness (QED) is 0.649. The zero-order valence-corrected chi connectivity index (χ0v) is 9.77. The van der Waals surface area contributed by atoms with Crippen LogP contribution < -0.4 is 0 Å². The second-order valence-electron chi connectivity index (χ2n) is 4.97. The topological polar surface area (TPSA) is 3.24 Å². The van der Waals surface area contributed by atoms with Gasteiger partial charge >= 0.3 is 0 Å². The van der Waals surface area contributed by atoms with Crippen molar-refractivity contribution >= 4 is 0 Å². The van der Waals surface area contributed by atoms with Crippen LogP contribution in [0.25, 0.3) is 0 Å². The van der Waals surface area contributed by atoms with Crippen molar-refractivity contribution in [1.29, 1.82) is 0 Å². The summed E-state index contributed by atoms with van der Waals surface area (Å²) in [6.07, 6.45) is 5.69. The lowest BCUT2D eigenvalue weighted by molar-refractivity contribution is 0.0565. The van der Waals surface area contributed by atoms with Gasteiger partial charge in [-0.05, 0) is 31.3 Å². The van der Waals surface area contributed by atoms with Gasteiger partial charge in [0.25, 0.3) is 0 Å². The molecule has 0 spiro atoms. The first-order chi connectivity index (χ1) is 6.11. The second-order valence-corrected chi connectivity index (χ2v) is 4.97. The predicted molar refractivity (Wildman–Crippen MR) is 59.0 cm³/mol. The summed E-state index contributed by atoms with van der Waals surface area (Å²) >= 11 is 0. The molecule has 1 unspecified atom stereocenters. The van der Waals surface area contributed by atoms with Crippen LogP contribution >= 0.6 is 0 Å². The molecule has 13 heavy (non-hydrogen) atoms. The lowest BCUT2D eigenvalue weighted by atomic mass is 9.72. The highest BCUT2D eigenvalue weighted by molar-refractivity contribution is 4.88. The average Bonchev–Trinajstić information content (AvgIpc) is 2.09. The van der Waals surface area contributed by atoms with Gasteiger partial charge in [0.15, 0.2) is 0 Å². The van der Waals surface area contributed by atoms with E-state index in [0.717, 1.165) is 6.04 Å². The Morgan fingerprint density at radius 3 is 2.23 bits per heavy atom. The van der Waals surface area contributed by atoms with E-state index in [1.807, 2.05) is 0 Å². The van der Waals surface area contributed by atoms with Crippen molar-refractivity contribution in [3.05, 3.63) is 0 Å². The summed E-state index contributed by atoms with van der Waals surface area (Å²) in [6.45, 7) is 11.9. The van der Waals surface area contributed by atoms with Crippen LogP contribution in [0, 0.1) is 5.41 Å². The van der Waals surface area contributed by atoms with E-state index in [2.05, 4.69) is 32.6 Å². The van der Waals surface area contributed by atoms with E-state index in [0.29, 0.717) is 5.41 Å². The van der Waals surface area contributed by atoms with Crippen molar-refractivity contribution in [1.82, 2.24) is 4.90 Å². The van der Waals surface area contributed by atoms with Crippen LogP contribution in [0.5, 0.6) is 0 Å². The molecule has 1 atom stereocenters. The molecule has 0 aromatic heterocycles. The lowest BCUT2D eigenvalue weighted by Gasteiger charge is -2.44. The van der Waals surface area contributed by atoms with E-state index >= 15 is 0 Å². The van der Waals surface area contributed by atoms with Crippen LogP contribution in [0.3, 0.4) is 0 Å². The summed E-state index contributed by atoms with van der Waals surface area (Å²) in [6, 6.07) is 0.830. The first kappa shape index (κ1) is 11.0. The summed E-state index contributed by atoms with van der Waals surface area (Å²) in [5.41, 5.74) is 0.546. The summed E-state index contributed by atoms with van der Waals surface area (Å²) in [5.74, 6) is 0. The molecule has 0 aliphatic heterocycles. The van der Waals surface area contributed by atoms with Gasteiger partial charge in [-0.1, -0.05) is 40.5 Å². The minimum absolute atomic E-state index is 0.546. The van der Waals surface area contributed by atoms with Crippen LogP contribution in [0.15, 0.2) is 0 Å². The monoisotopic (exact) mass is 183 g/mol. The maximum Gasteiger partial charge on any atom is 0.0146 e. The van der Waals surface area contributed by atoms with E-state index < -0.39 is 0 Å². The Kier molecular flexibility index (Phi) is 3.78. The molecule has 0 radical (unpaired) electrons. The lowest BCUT2D eigenvalue weighted by Crippen LogP contribution is -2.46. The molecule has 0 bridgehead atoms. The molecule has 0 amide bonds. The zero-order valence-electron chi connectivity index (χ0n) is 9.77. The molecule has 1 rings (SSSR count). The molecule has 0 heterocycles. The highest BCUT2D eigenvalue weighted by Crippen LogP contribution is 2.38. The summed E-state index contributed by atoms with van der Waals surface area (Å²) < 4.78 is 0. The minimum atomic E-state index is 0.546. The molecule has 1 fully saturated rings. The van der Waals surface area contributed by atoms with Crippen molar-refractivity contribution in [3.63, 3.8) is 0 Å². The van der Waals surface area contributed by atoms with E-state index in [9.17, 15) is 0 Å². The third-order valence-corrected chi connectivity index (χ3v) is 3.70. The Balaban J connectivity index is 2.63. The molecule has 0 aromatic rings. The summed E-state index contributed by atoms with van der Waals surface area (Å²) in [4.78, 5) is 2.64. The largest absolute Gasteiger partial charge is 0.300 e. The predicted octanol–water partition coefficient (Wildman–Crippen LogP) is 3.30. The third-order valence-electron chi connectivity index (χ3n) is 3.70. The molecular weight excluding hydrogens is 158 g/mol. The molecule has 1 aliphatic rings. The fourth-order valence-electron chi connectivity index (χ4n) is 2.82. The molecule has 0 aromatic carbocycles. The van der Waals surface area contributed by atoms with Crippen molar-refractivity contribution in [2.24, 2.45) is 5.41 Å². The van der Waals surface area contributed by atoms with Crippen molar-refractivity contribution in [2.75, 3.05) is 13.1 Å².